The molecule has 0 aliphatic heterocycles. The van der Waals surface area contributed by atoms with Crippen LogP contribution in [0.2, 0.25) is 0 Å². The molecule has 32 heavy (non-hydrogen) atoms. The Kier molecular flexibility index (Phi) is 7.82. The zero-order valence-electron chi connectivity index (χ0n) is 18.8. The van der Waals surface area contributed by atoms with Crippen molar-refractivity contribution in [2.75, 3.05) is 6.61 Å². The van der Waals surface area contributed by atoms with E-state index in [1.54, 1.807) is 18.2 Å². The van der Waals surface area contributed by atoms with Gasteiger partial charge in [-0.2, -0.15) is 0 Å². The van der Waals surface area contributed by atoms with Crippen LogP contribution in [0.1, 0.15) is 59.7 Å². The Hall–Kier alpha value is -2.54. The first-order chi connectivity index (χ1) is 15.2. The van der Waals surface area contributed by atoms with Crippen LogP contribution in [-0.2, 0) is 11.3 Å². The zero-order chi connectivity index (χ0) is 23.3. The molecule has 1 aliphatic carbocycles. The lowest BCUT2D eigenvalue weighted by Gasteiger charge is -2.29. The van der Waals surface area contributed by atoms with Gasteiger partial charge in [-0.3, -0.25) is 4.98 Å². The van der Waals surface area contributed by atoms with Crippen molar-refractivity contribution in [3.05, 3.63) is 65.0 Å². The normalized spacial score (nSPS) is 18.9. The van der Waals surface area contributed by atoms with Gasteiger partial charge in [-0.25, -0.2) is 0 Å². The number of benzene rings is 1. The van der Waals surface area contributed by atoms with Crippen LogP contribution in [-0.4, -0.2) is 24.1 Å². The van der Waals surface area contributed by atoms with E-state index in [2.05, 4.69) is 16.3 Å². The minimum absolute atomic E-state index is 0.132. The summed E-state index contributed by atoms with van der Waals surface area (Å²) in [6.45, 7) is 10.5. The van der Waals surface area contributed by atoms with E-state index in [1.165, 1.54) is 12.1 Å². The molecular formula is C25H30F3NO3. The number of rotatable bonds is 8. The molecule has 0 amide bonds. The number of aryl methyl sites for hydroxylation is 2. The van der Waals surface area contributed by atoms with Gasteiger partial charge in [-0.05, 0) is 70.1 Å². The summed E-state index contributed by atoms with van der Waals surface area (Å²) in [5.74, 6) is 0.946. The Morgan fingerprint density at radius 3 is 2.28 bits per heavy atom. The van der Waals surface area contributed by atoms with Crippen LogP contribution >= 0.6 is 0 Å². The lowest BCUT2D eigenvalue weighted by atomic mass is 9.83. The summed E-state index contributed by atoms with van der Waals surface area (Å²) in [7, 11) is 0. The third kappa shape index (κ3) is 6.25. The van der Waals surface area contributed by atoms with Crippen LogP contribution in [0.15, 0.2) is 36.9 Å². The highest BCUT2D eigenvalue weighted by Gasteiger charge is 2.31. The van der Waals surface area contributed by atoms with Gasteiger partial charge in [0.2, 0.25) is 0 Å². The van der Waals surface area contributed by atoms with E-state index in [9.17, 15) is 13.2 Å². The van der Waals surface area contributed by atoms with Crippen LogP contribution in [0.5, 0.6) is 11.5 Å². The molecule has 1 aromatic carbocycles. The molecule has 0 unspecified atom stereocenters. The number of ether oxygens (including phenoxy) is 3. The van der Waals surface area contributed by atoms with E-state index in [-0.39, 0.29) is 11.9 Å². The SMILES string of the molecule is C=CCOc1c(C)c(C)nc(C)c1COC1CCC(c2ccc(OC(F)(F)F)cc2)CC1. The fourth-order valence-electron chi connectivity index (χ4n) is 4.17. The first-order valence-electron chi connectivity index (χ1n) is 10.9. The topological polar surface area (TPSA) is 40.6 Å². The molecule has 174 valence electrons. The predicted molar refractivity (Wildman–Crippen MR) is 117 cm³/mol. The smallest absolute Gasteiger partial charge is 0.489 e. The summed E-state index contributed by atoms with van der Waals surface area (Å²) in [6.07, 6.45) is 0.821. The maximum absolute atomic E-state index is 12.3. The van der Waals surface area contributed by atoms with Crippen molar-refractivity contribution in [1.82, 2.24) is 4.98 Å². The Morgan fingerprint density at radius 1 is 1.03 bits per heavy atom. The Morgan fingerprint density at radius 2 is 1.69 bits per heavy atom. The molecule has 1 fully saturated rings. The van der Waals surface area contributed by atoms with Crippen molar-refractivity contribution in [2.45, 2.75) is 71.4 Å². The summed E-state index contributed by atoms with van der Waals surface area (Å²) in [5, 5.41) is 0. The van der Waals surface area contributed by atoms with Crippen molar-refractivity contribution < 1.29 is 27.4 Å². The van der Waals surface area contributed by atoms with E-state index in [0.29, 0.717) is 19.1 Å². The minimum atomic E-state index is -4.67. The van der Waals surface area contributed by atoms with Gasteiger partial charge in [0.25, 0.3) is 0 Å². The molecule has 7 heteroatoms. The molecule has 2 aromatic rings. The lowest BCUT2D eigenvalue weighted by Crippen LogP contribution is -2.21. The zero-order valence-corrected chi connectivity index (χ0v) is 18.8. The molecule has 1 saturated carbocycles. The highest BCUT2D eigenvalue weighted by atomic mass is 19.4. The third-order valence-corrected chi connectivity index (χ3v) is 6.00. The molecule has 1 aliphatic rings. The number of nitrogens with zero attached hydrogens (tertiary/aromatic N) is 1. The molecule has 1 aromatic heterocycles. The number of hydrogen-bond acceptors (Lipinski definition) is 4. The average Bonchev–Trinajstić information content (AvgIpc) is 2.74. The summed E-state index contributed by atoms with van der Waals surface area (Å²) in [6, 6.07) is 6.21. The number of halogens is 3. The fourth-order valence-corrected chi connectivity index (χ4v) is 4.17. The predicted octanol–water partition coefficient (Wildman–Crippen LogP) is 6.71. The standard InChI is InChI=1S/C25H30F3NO3/c1-5-14-30-24-16(2)17(3)29-18(4)23(24)15-31-21-10-6-19(7-11-21)20-8-12-22(13-9-20)32-25(26,27)28/h5,8-9,12-13,19,21H,1,6-7,10-11,14-15H2,2-4H3. The molecule has 0 spiro atoms. The van der Waals surface area contributed by atoms with Crippen LogP contribution in [0, 0.1) is 20.8 Å². The molecular weight excluding hydrogens is 419 g/mol. The van der Waals surface area contributed by atoms with Crippen molar-refractivity contribution in [3.63, 3.8) is 0 Å². The number of aromatic nitrogens is 1. The quantitative estimate of drug-likeness (QED) is 0.420. The molecule has 0 saturated heterocycles. The van der Waals surface area contributed by atoms with Crippen molar-refractivity contribution in [1.29, 1.82) is 0 Å². The summed E-state index contributed by atoms with van der Waals surface area (Å²) < 4.78 is 53.1. The average molecular weight is 450 g/mol. The molecule has 0 radical (unpaired) electrons. The maximum atomic E-state index is 12.3. The largest absolute Gasteiger partial charge is 0.573 e. The van der Waals surface area contributed by atoms with Gasteiger partial charge in [-0.1, -0.05) is 24.8 Å². The number of hydrogen-bond donors (Lipinski definition) is 0. The Bertz CT molecular complexity index is 918. The molecule has 0 bridgehead atoms. The van der Waals surface area contributed by atoms with Crippen LogP contribution in [0.4, 0.5) is 13.2 Å². The first-order valence-corrected chi connectivity index (χ1v) is 10.9. The molecule has 0 N–H and O–H groups in total. The summed E-state index contributed by atoms with van der Waals surface area (Å²) in [5.41, 5.74) is 4.86. The van der Waals surface area contributed by atoms with Crippen LogP contribution in [0.3, 0.4) is 0 Å². The van der Waals surface area contributed by atoms with Crippen LogP contribution in [0.25, 0.3) is 0 Å². The van der Waals surface area contributed by atoms with Gasteiger partial charge < -0.3 is 14.2 Å². The molecule has 3 rings (SSSR count). The van der Waals surface area contributed by atoms with E-state index >= 15 is 0 Å². The minimum Gasteiger partial charge on any atom is -0.489 e. The highest BCUT2D eigenvalue weighted by Crippen LogP contribution is 2.36. The second-order valence-electron chi connectivity index (χ2n) is 8.22. The fraction of sp³-hybridized carbons (Fsp3) is 0.480. The second kappa shape index (κ2) is 10.4. The molecule has 4 nitrogen and oxygen atoms in total. The number of pyridine rings is 1. The van der Waals surface area contributed by atoms with E-state index in [0.717, 1.165) is 59.5 Å². The third-order valence-electron chi connectivity index (χ3n) is 6.00. The van der Waals surface area contributed by atoms with E-state index in [1.807, 2.05) is 20.8 Å². The second-order valence-corrected chi connectivity index (χ2v) is 8.22. The monoisotopic (exact) mass is 449 g/mol. The Balaban J connectivity index is 1.57. The number of alkyl halides is 3. The first kappa shape index (κ1) is 24.1. The van der Waals surface area contributed by atoms with Gasteiger partial charge >= 0.3 is 6.36 Å². The van der Waals surface area contributed by atoms with Crippen molar-refractivity contribution in [3.8, 4) is 11.5 Å². The van der Waals surface area contributed by atoms with Gasteiger partial charge in [0.15, 0.2) is 0 Å². The van der Waals surface area contributed by atoms with Gasteiger partial charge in [0.05, 0.1) is 12.7 Å². The summed E-state index contributed by atoms with van der Waals surface area (Å²) in [4.78, 5) is 4.62. The van der Waals surface area contributed by atoms with E-state index < -0.39 is 6.36 Å². The molecule has 0 atom stereocenters. The van der Waals surface area contributed by atoms with Crippen LogP contribution < -0.4 is 9.47 Å². The van der Waals surface area contributed by atoms with Crippen molar-refractivity contribution >= 4 is 0 Å². The van der Waals surface area contributed by atoms with Gasteiger partial charge in [0.1, 0.15) is 18.1 Å². The maximum Gasteiger partial charge on any atom is 0.573 e. The highest BCUT2D eigenvalue weighted by molar-refractivity contribution is 5.45. The van der Waals surface area contributed by atoms with Crippen molar-refractivity contribution in [2.24, 2.45) is 0 Å². The lowest BCUT2D eigenvalue weighted by molar-refractivity contribution is -0.274. The van der Waals surface area contributed by atoms with Gasteiger partial charge in [0, 0.05) is 22.5 Å². The van der Waals surface area contributed by atoms with Gasteiger partial charge in [-0.15, -0.1) is 13.2 Å². The molecule has 1 heterocycles. The van der Waals surface area contributed by atoms with E-state index in [4.69, 9.17) is 9.47 Å². The summed E-state index contributed by atoms with van der Waals surface area (Å²) >= 11 is 0. The Labute approximate surface area is 187 Å².